The van der Waals surface area contributed by atoms with Crippen LogP contribution in [0, 0.1) is 11.3 Å². The first kappa shape index (κ1) is 15.9. The van der Waals surface area contributed by atoms with Crippen molar-refractivity contribution in [3.8, 4) is 0 Å². The van der Waals surface area contributed by atoms with Crippen LogP contribution in [0.5, 0.6) is 0 Å². The molecule has 1 atom stereocenters. The van der Waals surface area contributed by atoms with Crippen molar-refractivity contribution in [2.75, 3.05) is 39.9 Å². The van der Waals surface area contributed by atoms with Gasteiger partial charge >= 0.3 is 0 Å². The molecule has 0 heterocycles. The van der Waals surface area contributed by atoms with Gasteiger partial charge in [0.05, 0.1) is 6.61 Å². The summed E-state index contributed by atoms with van der Waals surface area (Å²) in [7, 11) is 1.75. The molecule has 3 heteroatoms. The Morgan fingerprint density at radius 2 is 1.89 bits per heavy atom. The van der Waals surface area contributed by atoms with Gasteiger partial charge in [-0.3, -0.25) is 0 Å². The van der Waals surface area contributed by atoms with E-state index in [0.717, 1.165) is 32.2 Å². The predicted molar refractivity (Wildman–Crippen MR) is 78.0 cm³/mol. The molecule has 108 valence electrons. The molecule has 0 aliphatic heterocycles. The van der Waals surface area contributed by atoms with E-state index in [1.54, 1.807) is 7.11 Å². The molecule has 1 aliphatic carbocycles. The smallest absolute Gasteiger partial charge is 0.0587 e. The largest absolute Gasteiger partial charge is 0.383 e. The molecular weight excluding hydrogens is 224 g/mol. The minimum atomic E-state index is 0.544. The number of methoxy groups -OCH3 is 1. The zero-order valence-electron chi connectivity index (χ0n) is 12.6. The van der Waals surface area contributed by atoms with E-state index in [4.69, 9.17) is 4.74 Å². The van der Waals surface area contributed by atoms with Crippen LogP contribution in [0.25, 0.3) is 0 Å². The zero-order chi connectivity index (χ0) is 13.3. The third kappa shape index (κ3) is 6.17. The van der Waals surface area contributed by atoms with Gasteiger partial charge in [-0.1, -0.05) is 26.7 Å². The van der Waals surface area contributed by atoms with E-state index in [9.17, 15) is 0 Å². The summed E-state index contributed by atoms with van der Waals surface area (Å²) >= 11 is 0. The van der Waals surface area contributed by atoms with Gasteiger partial charge in [-0.2, -0.15) is 0 Å². The van der Waals surface area contributed by atoms with E-state index in [0.29, 0.717) is 5.41 Å². The molecule has 3 nitrogen and oxygen atoms in total. The summed E-state index contributed by atoms with van der Waals surface area (Å²) in [6.45, 7) is 10.1. The Bertz CT molecular complexity index is 207. The van der Waals surface area contributed by atoms with Crippen molar-refractivity contribution >= 4 is 0 Å². The summed E-state index contributed by atoms with van der Waals surface area (Å²) < 4.78 is 4.99. The van der Waals surface area contributed by atoms with Crippen LogP contribution < -0.4 is 10.6 Å². The highest BCUT2D eigenvalue weighted by Gasteiger charge is 2.31. The lowest BCUT2D eigenvalue weighted by molar-refractivity contribution is 0.136. The van der Waals surface area contributed by atoms with Crippen molar-refractivity contribution in [1.82, 2.24) is 10.6 Å². The second-order valence-corrected chi connectivity index (χ2v) is 6.23. The molecule has 0 aromatic rings. The monoisotopic (exact) mass is 256 g/mol. The molecule has 18 heavy (non-hydrogen) atoms. The topological polar surface area (TPSA) is 33.3 Å². The van der Waals surface area contributed by atoms with Crippen LogP contribution in [0.1, 0.15) is 46.0 Å². The lowest BCUT2D eigenvalue weighted by Crippen LogP contribution is -2.36. The molecule has 0 aromatic heterocycles. The van der Waals surface area contributed by atoms with Crippen LogP contribution in [-0.4, -0.2) is 39.9 Å². The van der Waals surface area contributed by atoms with Crippen molar-refractivity contribution in [3.63, 3.8) is 0 Å². The third-order valence-corrected chi connectivity index (χ3v) is 4.31. The molecule has 1 fully saturated rings. The number of hydrogen-bond donors (Lipinski definition) is 2. The maximum absolute atomic E-state index is 4.99. The zero-order valence-corrected chi connectivity index (χ0v) is 12.6. The Kier molecular flexibility index (Phi) is 7.87. The number of rotatable bonds is 9. The van der Waals surface area contributed by atoms with Gasteiger partial charge in [-0.25, -0.2) is 0 Å². The standard InChI is InChI=1S/C15H32N2O/c1-15(2)8-5-4-7-14(15)13-17-10-6-9-16-11-12-18-3/h14,16-17H,4-13H2,1-3H3. The highest BCUT2D eigenvalue weighted by Crippen LogP contribution is 2.39. The van der Waals surface area contributed by atoms with Gasteiger partial charge in [0.15, 0.2) is 0 Å². The van der Waals surface area contributed by atoms with Crippen molar-refractivity contribution in [3.05, 3.63) is 0 Å². The van der Waals surface area contributed by atoms with Crippen LogP contribution in [0.3, 0.4) is 0 Å². The van der Waals surface area contributed by atoms with Crippen molar-refractivity contribution in [2.45, 2.75) is 46.0 Å². The highest BCUT2D eigenvalue weighted by molar-refractivity contribution is 4.83. The van der Waals surface area contributed by atoms with E-state index in [1.807, 2.05) is 0 Å². The van der Waals surface area contributed by atoms with Gasteiger partial charge in [0, 0.05) is 13.7 Å². The summed E-state index contributed by atoms with van der Waals surface area (Å²) in [6.07, 6.45) is 6.86. The second-order valence-electron chi connectivity index (χ2n) is 6.23. The van der Waals surface area contributed by atoms with Gasteiger partial charge in [0.1, 0.15) is 0 Å². The maximum Gasteiger partial charge on any atom is 0.0587 e. The molecule has 0 amide bonds. The van der Waals surface area contributed by atoms with Gasteiger partial charge < -0.3 is 15.4 Å². The van der Waals surface area contributed by atoms with Crippen LogP contribution >= 0.6 is 0 Å². The Balaban J connectivity index is 1.97. The average molecular weight is 256 g/mol. The van der Waals surface area contributed by atoms with Crippen LogP contribution in [0.2, 0.25) is 0 Å². The first-order valence-corrected chi connectivity index (χ1v) is 7.57. The van der Waals surface area contributed by atoms with Crippen LogP contribution in [0.15, 0.2) is 0 Å². The van der Waals surface area contributed by atoms with Gasteiger partial charge in [-0.05, 0) is 50.2 Å². The number of hydrogen-bond acceptors (Lipinski definition) is 3. The fraction of sp³-hybridized carbons (Fsp3) is 1.00. The van der Waals surface area contributed by atoms with E-state index in [-0.39, 0.29) is 0 Å². The molecular formula is C15H32N2O. The van der Waals surface area contributed by atoms with Crippen molar-refractivity contribution < 1.29 is 4.74 Å². The van der Waals surface area contributed by atoms with Gasteiger partial charge in [0.25, 0.3) is 0 Å². The Hall–Kier alpha value is -0.120. The molecule has 0 aromatic carbocycles. The number of nitrogens with one attached hydrogen (secondary N) is 2. The first-order valence-electron chi connectivity index (χ1n) is 7.57. The molecule has 1 unspecified atom stereocenters. The fourth-order valence-electron chi connectivity index (χ4n) is 2.86. The summed E-state index contributed by atoms with van der Waals surface area (Å²) in [5.41, 5.74) is 0.544. The SMILES string of the molecule is COCCNCCCNCC1CCCCC1(C)C. The normalized spacial score (nSPS) is 23.2. The third-order valence-electron chi connectivity index (χ3n) is 4.31. The molecule has 0 bridgehead atoms. The summed E-state index contributed by atoms with van der Waals surface area (Å²) in [4.78, 5) is 0. The van der Waals surface area contributed by atoms with E-state index in [2.05, 4.69) is 24.5 Å². The van der Waals surface area contributed by atoms with E-state index in [1.165, 1.54) is 38.6 Å². The summed E-state index contributed by atoms with van der Waals surface area (Å²) in [6, 6.07) is 0. The Labute approximate surface area is 113 Å². The van der Waals surface area contributed by atoms with Crippen LogP contribution in [-0.2, 0) is 4.74 Å². The minimum Gasteiger partial charge on any atom is -0.383 e. The molecule has 1 aliphatic rings. The van der Waals surface area contributed by atoms with E-state index < -0.39 is 0 Å². The molecule has 0 saturated heterocycles. The highest BCUT2D eigenvalue weighted by atomic mass is 16.5. The lowest BCUT2D eigenvalue weighted by atomic mass is 9.69. The Morgan fingerprint density at radius 3 is 2.61 bits per heavy atom. The molecule has 0 radical (unpaired) electrons. The average Bonchev–Trinajstić information content (AvgIpc) is 2.34. The van der Waals surface area contributed by atoms with Gasteiger partial charge in [-0.15, -0.1) is 0 Å². The summed E-state index contributed by atoms with van der Waals surface area (Å²) in [5.74, 6) is 0.868. The van der Waals surface area contributed by atoms with Crippen molar-refractivity contribution in [1.29, 1.82) is 0 Å². The predicted octanol–water partition coefficient (Wildman–Crippen LogP) is 2.42. The lowest BCUT2D eigenvalue weighted by Gasteiger charge is -2.38. The first-order chi connectivity index (χ1) is 8.67. The van der Waals surface area contributed by atoms with Gasteiger partial charge in [0.2, 0.25) is 0 Å². The molecule has 1 rings (SSSR count). The fourth-order valence-corrected chi connectivity index (χ4v) is 2.86. The molecule has 0 spiro atoms. The number of ether oxygens (including phenoxy) is 1. The Morgan fingerprint density at radius 1 is 1.11 bits per heavy atom. The quantitative estimate of drug-likeness (QED) is 0.622. The molecule has 2 N–H and O–H groups in total. The second kappa shape index (κ2) is 8.89. The maximum atomic E-state index is 4.99. The van der Waals surface area contributed by atoms with E-state index >= 15 is 0 Å². The summed E-state index contributed by atoms with van der Waals surface area (Å²) in [5, 5.41) is 7.01. The minimum absolute atomic E-state index is 0.544. The van der Waals surface area contributed by atoms with Crippen LogP contribution in [0.4, 0.5) is 0 Å². The van der Waals surface area contributed by atoms with Crippen molar-refractivity contribution in [2.24, 2.45) is 11.3 Å². The molecule has 1 saturated carbocycles.